The van der Waals surface area contributed by atoms with Gasteiger partial charge in [0.1, 0.15) is 19.8 Å². The van der Waals surface area contributed by atoms with Crippen LogP contribution in [0.2, 0.25) is 0 Å². The number of unbranched alkanes of at least 4 members (excludes halogenated alkanes) is 25. The molecule has 9 nitrogen and oxygen atoms in total. The second-order valence-corrected chi connectivity index (χ2v) is 20.6. The molecule has 0 bridgehead atoms. The summed E-state index contributed by atoms with van der Waals surface area (Å²) in [7, 11) is 1.12. The number of quaternary nitrogens is 1. The standard InChI is InChI=1S/C56H102NO8P/c1-6-8-10-12-14-16-18-20-21-22-23-24-25-26-27-28-29-30-31-32-33-34-35-37-38-40-42-44-46-48-55(58)62-52-54(53-64-66(60,61)63-51-50-57(3,4)5)65-56(59)49-47-45-43-41-39-36-19-17-15-13-11-9-7-2/h9,11,15,17,22-23,36,39,43,45,54H,6-8,10,12-14,16,18-21,24-35,37-38,40-42,44,46-53H2,1-5H3/b11-9-,17-15-,23-22-,39-36-,45-43-. The van der Waals surface area contributed by atoms with Gasteiger partial charge < -0.3 is 27.9 Å². The number of phosphoric acid groups is 1. The Morgan fingerprint density at radius 3 is 1.35 bits per heavy atom. The van der Waals surface area contributed by atoms with E-state index in [9.17, 15) is 19.0 Å². The third kappa shape index (κ3) is 51.1. The van der Waals surface area contributed by atoms with E-state index in [1.807, 2.05) is 33.3 Å². The van der Waals surface area contributed by atoms with E-state index >= 15 is 0 Å². The fourth-order valence-corrected chi connectivity index (χ4v) is 8.10. The molecule has 0 spiro atoms. The smallest absolute Gasteiger partial charge is 0.306 e. The van der Waals surface area contributed by atoms with Gasteiger partial charge in [-0.15, -0.1) is 0 Å². The van der Waals surface area contributed by atoms with Crippen LogP contribution in [0.3, 0.4) is 0 Å². The second kappa shape index (κ2) is 47.8. The summed E-state index contributed by atoms with van der Waals surface area (Å²) in [5, 5.41) is 0. The number of esters is 2. The Hall–Kier alpha value is -2.29. The molecule has 0 aliphatic rings. The number of rotatable bonds is 49. The van der Waals surface area contributed by atoms with E-state index in [1.165, 1.54) is 154 Å². The Kier molecular flexibility index (Phi) is 46.1. The number of hydrogen-bond acceptors (Lipinski definition) is 8. The molecule has 66 heavy (non-hydrogen) atoms. The third-order valence-corrected chi connectivity index (χ3v) is 12.5. The molecule has 0 saturated heterocycles. The topological polar surface area (TPSA) is 111 Å². The van der Waals surface area contributed by atoms with Gasteiger partial charge in [-0.25, -0.2) is 0 Å². The lowest BCUT2D eigenvalue weighted by Gasteiger charge is -2.28. The van der Waals surface area contributed by atoms with E-state index in [4.69, 9.17) is 18.5 Å². The Labute approximate surface area is 406 Å². The van der Waals surface area contributed by atoms with Crippen LogP contribution in [-0.4, -0.2) is 70.0 Å². The Balaban J connectivity index is 4.09. The van der Waals surface area contributed by atoms with Gasteiger partial charge in [0.05, 0.1) is 27.7 Å². The van der Waals surface area contributed by atoms with Gasteiger partial charge in [0.15, 0.2) is 6.10 Å². The van der Waals surface area contributed by atoms with Gasteiger partial charge in [-0.2, -0.15) is 0 Å². The molecule has 0 aliphatic heterocycles. The number of likely N-dealkylation sites (N-methyl/N-ethyl adjacent to an activating group) is 1. The number of allylic oxidation sites excluding steroid dienone is 10. The molecule has 0 aliphatic carbocycles. The van der Waals surface area contributed by atoms with E-state index in [0.29, 0.717) is 17.4 Å². The molecule has 384 valence electrons. The maximum absolute atomic E-state index is 12.7. The van der Waals surface area contributed by atoms with Crippen LogP contribution in [0.25, 0.3) is 0 Å². The molecule has 0 fully saturated rings. The van der Waals surface area contributed by atoms with Crippen molar-refractivity contribution in [2.75, 3.05) is 47.5 Å². The highest BCUT2D eigenvalue weighted by molar-refractivity contribution is 7.45. The van der Waals surface area contributed by atoms with Crippen molar-refractivity contribution in [3.63, 3.8) is 0 Å². The molecule has 0 saturated carbocycles. The lowest BCUT2D eigenvalue weighted by Crippen LogP contribution is -2.37. The van der Waals surface area contributed by atoms with Gasteiger partial charge in [0.2, 0.25) is 0 Å². The molecule has 0 radical (unpaired) electrons. The van der Waals surface area contributed by atoms with E-state index in [2.05, 4.69) is 62.5 Å². The second-order valence-electron chi connectivity index (χ2n) is 19.2. The monoisotopic (exact) mass is 948 g/mol. The molecule has 0 aromatic carbocycles. The number of nitrogens with zero attached hydrogens (tertiary/aromatic N) is 1. The maximum atomic E-state index is 12.7. The van der Waals surface area contributed by atoms with Crippen molar-refractivity contribution in [3.05, 3.63) is 60.8 Å². The van der Waals surface area contributed by atoms with Crippen LogP contribution in [0.4, 0.5) is 0 Å². The van der Waals surface area contributed by atoms with Gasteiger partial charge in [0, 0.05) is 12.8 Å². The summed E-state index contributed by atoms with van der Waals surface area (Å²) < 4.78 is 33.9. The lowest BCUT2D eigenvalue weighted by atomic mass is 10.0. The Morgan fingerprint density at radius 1 is 0.485 bits per heavy atom. The van der Waals surface area contributed by atoms with Crippen LogP contribution in [-0.2, 0) is 32.7 Å². The zero-order valence-electron chi connectivity index (χ0n) is 43.4. The average Bonchev–Trinajstić information content (AvgIpc) is 3.27. The minimum atomic E-state index is -4.65. The summed E-state index contributed by atoms with van der Waals surface area (Å²) in [6.45, 7) is 4.04. The first kappa shape index (κ1) is 63.7. The Bertz CT molecular complexity index is 1300. The zero-order chi connectivity index (χ0) is 48.5. The van der Waals surface area contributed by atoms with Crippen molar-refractivity contribution in [1.29, 1.82) is 0 Å². The van der Waals surface area contributed by atoms with Crippen molar-refractivity contribution >= 4 is 19.8 Å². The molecule has 0 aromatic heterocycles. The van der Waals surface area contributed by atoms with Crippen LogP contribution in [0.5, 0.6) is 0 Å². The predicted molar refractivity (Wildman–Crippen MR) is 277 cm³/mol. The third-order valence-electron chi connectivity index (χ3n) is 11.5. The molecule has 0 N–H and O–H groups in total. The molecule has 10 heteroatoms. The number of hydrogen-bond donors (Lipinski definition) is 0. The van der Waals surface area contributed by atoms with Crippen molar-refractivity contribution in [1.82, 2.24) is 0 Å². The lowest BCUT2D eigenvalue weighted by molar-refractivity contribution is -0.870. The van der Waals surface area contributed by atoms with Crippen LogP contribution < -0.4 is 4.89 Å². The SMILES string of the molecule is CC/C=C\C/C=C\C/C=C\C/C=C\CCC(=O)OC(COC(=O)CCCCCCCCCCCCCCCCCCC/C=C\CCCCCCCCCC)COP(=O)([O-])OCC[N+](C)(C)C. The van der Waals surface area contributed by atoms with E-state index in [1.54, 1.807) is 0 Å². The molecule has 2 unspecified atom stereocenters. The molecule has 0 heterocycles. The summed E-state index contributed by atoms with van der Waals surface area (Å²) in [6, 6.07) is 0. The van der Waals surface area contributed by atoms with Gasteiger partial charge in [-0.05, 0) is 64.2 Å². The average molecular weight is 948 g/mol. The number of ether oxygens (including phenoxy) is 2. The van der Waals surface area contributed by atoms with Crippen LogP contribution >= 0.6 is 7.82 Å². The molecule has 0 aromatic rings. The highest BCUT2D eigenvalue weighted by Crippen LogP contribution is 2.38. The van der Waals surface area contributed by atoms with E-state index in [-0.39, 0.29) is 26.1 Å². The highest BCUT2D eigenvalue weighted by Gasteiger charge is 2.21. The quantitative estimate of drug-likeness (QED) is 0.0195. The molecule has 0 amide bonds. The van der Waals surface area contributed by atoms with Gasteiger partial charge in [-0.3, -0.25) is 14.2 Å². The van der Waals surface area contributed by atoms with Crippen molar-refractivity contribution in [3.8, 4) is 0 Å². The minimum Gasteiger partial charge on any atom is -0.756 e. The van der Waals surface area contributed by atoms with Crippen molar-refractivity contribution in [2.24, 2.45) is 0 Å². The minimum absolute atomic E-state index is 0.0445. The normalized spacial score (nSPS) is 13.8. The summed E-state index contributed by atoms with van der Waals surface area (Å²) in [5.74, 6) is -0.925. The molecular weight excluding hydrogens is 846 g/mol. The largest absolute Gasteiger partial charge is 0.756 e. The summed E-state index contributed by atoms with van der Waals surface area (Å²) >= 11 is 0. The Morgan fingerprint density at radius 2 is 0.894 bits per heavy atom. The van der Waals surface area contributed by atoms with E-state index < -0.39 is 32.5 Å². The maximum Gasteiger partial charge on any atom is 0.306 e. The molecule has 2 atom stereocenters. The zero-order valence-corrected chi connectivity index (χ0v) is 44.3. The number of carbonyl (C=O) groups excluding carboxylic acids is 2. The first-order valence-electron chi connectivity index (χ1n) is 27.0. The molecule has 0 rings (SSSR count). The number of carbonyl (C=O) groups is 2. The fraction of sp³-hybridized carbons (Fsp3) is 0.786. The first-order chi connectivity index (χ1) is 32.0. The van der Waals surface area contributed by atoms with Gasteiger partial charge in [-0.1, -0.05) is 216 Å². The van der Waals surface area contributed by atoms with Crippen molar-refractivity contribution in [2.45, 2.75) is 238 Å². The van der Waals surface area contributed by atoms with E-state index in [0.717, 1.165) is 44.9 Å². The van der Waals surface area contributed by atoms with Crippen LogP contribution in [0, 0.1) is 0 Å². The van der Waals surface area contributed by atoms with Crippen molar-refractivity contribution < 1.29 is 42.1 Å². The summed E-state index contributed by atoms with van der Waals surface area (Å²) in [5.41, 5.74) is 0. The van der Waals surface area contributed by atoms with Gasteiger partial charge >= 0.3 is 11.9 Å². The van der Waals surface area contributed by atoms with Crippen LogP contribution in [0.15, 0.2) is 60.8 Å². The fourth-order valence-electron chi connectivity index (χ4n) is 7.37. The highest BCUT2D eigenvalue weighted by atomic mass is 31.2. The molecular formula is C56H102NO8P. The van der Waals surface area contributed by atoms with Crippen LogP contribution in [0.1, 0.15) is 232 Å². The number of phosphoric ester groups is 1. The predicted octanol–water partition coefficient (Wildman–Crippen LogP) is 15.7. The first-order valence-corrected chi connectivity index (χ1v) is 28.5. The summed E-state index contributed by atoms with van der Waals surface area (Å²) in [4.78, 5) is 37.6. The van der Waals surface area contributed by atoms with Gasteiger partial charge in [0.25, 0.3) is 7.82 Å². The summed E-state index contributed by atoms with van der Waals surface area (Å²) in [6.07, 6.45) is 60.2.